The van der Waals surface area contributed by atoms with Gasteiger partial charge in [-0.15, -0.1) is 0 Å². The minimum atomic E-state index is -0.508. The number of rotatable bonds is 6. The van der Waals surface area contributed by atoms with Crippen LogP contribution in [0.1, 0.15) is 41.0 Å². The van der Waals surface area contributed by atoms with Crippen LogP contribution in [0.4, 0.5) is 9.59 Å². The molecule has 0 atom stereocenters. The fourth-order valence-corrected chi connectivity index (χ4v) is 1.19. The number of urea groups is 1. The maximum atomic E-state index is 11.3. The molecule has 3 amide bonds. The van der Waals surface area contributed by atoms with Crippen LogP contribution in [-0.2, 0) is 4.74 Å². The Kier molecular flexibility index (Phi) is 7.95. The third-order valence-corrected chi connectivity index (χ3v) is 2.09. The lowest BCUT2D eigenvalue weighted by Crippen LogP contribution is -2.41. The first-order valence-electron chi connectivity index (χ1n) is 6.69. The Labute approximate surface area is 115 Å². The number of hydrogen-bond acceptors (Lipinski definition) is 3. The molecule has 6 nitrogen and oxygen atoms in total. The molecular formula is C13H27N3O3. The molecule has 0 unspecified atom stereocenters. The summed E-state index contributed by atoms with van der Waals surface area (Å²) >= 11 is 0. The third kappa shape index (κ3) is 12.8. The van der Waals surface area contributed by atoms with Crippen LogP contribution in [-0.4, -0.2) is 37.4 Å². The standard InChI is InChI=1S/C13H27N3O3/c1-10(2)6-7-14-11(17)15-8-9-16-12(18)19-13(3,4)5/h10H,6-9H2,1-5H3,(H,16,18)(H2,14,15,17). The van der Waals surface area contributed by atoms with Crippen molar-refractivity contribution >= 4 is 12.1 Å². The fourth-order valence-electron chi connectivity index (χ4n) is 1.19. The van der Waals surface area contributed by atoms with Crippen molar-refractivity contribution in [2.45, 2.75) is 46.6 Å². The first-order valence-corrected chi connectivity index (χ1v) is 6.69. The van der Waals surface area contributed by atoms with Gasteiger partial charge >= 0.3 is 12.1 Å². The summed E-state index contributed by atoms with van der Waals surface area (Å²) in [6, 6.07) is -0.216. The van der Waals surface area contributed by atoms with Gasteiger partial charge in [0.2, 0.25) is 0 Å². The molecule has 0 spiro atoms. The molecule has 0 bridgehead atoms. The molecule has 0 saturated carbocycles. The topological polar surface area (TPSA) is 79.5 Å². The molecule has 0 rings (SSSR count). The van der Waals surface area contributed by atoms with Crippen LogP contribution in [0.3, 0.4) is 0 Å². The lowest BCUT2D eigenvalue weighted by molar-refractivity contribution is 0.0528. The summed E-state index contributed by atoms with van der Waals surface area (Å²) in [5.41, 5.74) is -0.508. The van der Waals surface area contributed by atoms with Crippen LogP contribution in [0.2, 0.25) is 0 Å². The van der Waals surface area contributed by atoms with Crippen molar-refractivity contribution in [1.29, 1.82) is 0 Å². The average molecular weight is 273 g/mol. The van der Waals surface area contributed by atoms with E-state index in [1.54, 1.807) is 20.8 Å². The molecule has 3 N–H and O–H groups in total. The van der Waals surface area contributed by atoms with Crippen molar-refractivity contribution in [2.24, 2.45) is 5.92 Å². The molecule has 0 saturated heterocycles. The Hall–Kier alpha value is -1.46. The highest BCUT2D eigenvalue weighted by Crippen LogP contribution is 2.05. The van der Waals surface area contributed by atoms with E-state index in [2.05, 4.69) is 29.8 Å². The molecule has 112 valence electrons. The summed E-state index contributed by atoms with van der Waals surface area (Å²) < 4.78 is 5.06. The van der Waals surface area contributed by atoms with Gasteiger partial charge in [-0.3, -0.25) is 0 Å². The zero-order valence-electron chi connectivity index (χ0n) is 12.6. The predicted octanol–water partition coefficient (Wildman–Crippen LogP) is 1.86. The van der Waals surface area contributed by atoms with E-state index >= 15 is 0 Å². The quantitative estimate of drug-likeness (QED) is 0.646. The van der Waals surface area contributed by atoms with Gasteiger partial charge in [0, 0.05) is 19.6 Å². The van der Waals surface area contributed by atoms with Gasteiger partial charge in [0.05, 0.1) is 0 Å². The third-order valence-electron chi connectivity index (χ3n) is 2.09. The van der Waals surface area contributed by atoms with Crippen molar-refractivity contribution in [3.8, 4) is 0 Å². The highest BCUT2D eigenvalue weighted by atomic mass is 16.6. The molecule has 0 aromatic rings. The Bertz CT molecular complexity index is 285. The summed E-state index contributed by atoms with van der Waals surface area (Å²) in [6.45, 7) is 11.0. The van der Waals surface area contributed by atoms with Crippen molar-refractivity contribution in [3.63, 3.8) is 0 Å². The van der Waals surface area contributed by atoms with Gasteiger partial charge in [-0.2, -0.15) is 0 Å². The van der Waals surface area contributed by atoms with Gasteiger partial charge in [-0.05, 0) is 33.1 Å². The predicted molar refractivity (Wildman–Crippen MR) is 75.1 cm³/mol. The number of amides is 3. The second-order valence-corrected chi connectivity index (χ2v) is 5.79. The van der Waals surface area contributed by atoms with Crippen LogP contribution >= 0.6 is 0 Å². The van der Waals surface area contributed by atoms with E-state index in [1.807, 2.05) is 0 Å². The van der Waals surface area contributed by atoms with Gasteiger partial charge < -0.3 is 20.7 Å². The molecule has 0 heterocycles. The smallest absolute Gasteiger partial charge is 0.407 e. The highest BCUT2D eigenvalue weighted by molar-refractivity contribution is 5.73. The molecule has 0 radical (unpaired) electrons. The van der Waals surface area contributed by atoms with E-state index in [-0.39, 0.29) is 6.03 Å². The first kappa shape index (κ1) is 17.5. The normalized spacial score (nSPS) is 11.1. The average Bonchev–Trinajstić information content (AvgIpc) is 2.21. The molecule has 0 aliphatic rings. The van der Waals surface area contributed by atoms with Crippen molar-refractivity contribution in [1.82, 2.24) is 16.0 Å². The Morgan fingerprint density at radius 2 is 1.53 bits per heavy atom. The molecule has 19 heavy (non-hydrogen) atoms. The van der Waals surface area contributed by atoms with Crippen molar-refractivity contribution in [3.05, 3.63) is 0 Å². The lowest BCUT2D eigenvalue weighted by atomic mass is 10.1. The van der Waals surface area contributed by atoms with Gasteiger partial charge in [0.15, 0.2) is 0 Å². The van der Waals surface area contributed by atoms with Gasteiger partial charge in [-0.25, -0.2) is 9.59 Å². The van der Waals surface area contributed by atoms with E-state index in [0.29, 0.717) is 25.6 Å². The number of hydrogen-bond donors (Lipinski definition) is 3. The van der Waals surface area contributed by atoms with Gasteiger partial charge in [0.1, 0.15) is 5.60 Å². The van der Waals surface area contributed by atoms with E-state index in [0.717, 1.165) is 6.42 Å². The van der Waals surface area contributed by atoms with Crippen LogP contribution < -0.4 is 16.0 Å². The lowest BCUT2D eigenvalue weighted by Gasteiger charge is -2.19. The Morgan fingerprint density at radius 3 is 2.05 bits per heavy atom. The second kappa shape index (κ2) is 8.61. The monoisotopic (exact) mass is 273 g/mol. The second-order valence-electron chi connectivity index (χ2n) is 5.79. The molecule has 0 aromatic heterocycles. The Morgan fingerprint density at radius 1 is 1.00 bits per heavy atom. The van der Waals surface area contributed by atoms with Crippen LogP contribution in [0.15, 0.2) is 0 Å². The van der Waals surface area contributed by atoms with Crippen molar-refractivity contribution in [2.75, 3.05) is 19.6 Å². The summed E-state index contributed by atoms with van der Waals surface area (Å²) in [5.74, 6) is 0.564. The van der Waals surface area contributed by atoms with Crippen LogP contribution in [0.25, 0.3) is 0 Å². The van der Waals surface area contributed by atoms with Gasteiger partial charge in [-0.1, -0.05) is 13.8 Å². The molecule has 0 aliphatic heterocycles. The van der Waals surface area contributed by atoms with Crippen LogP contribution in [0.5, 0.6) is 0 Å². The number of nitrogens with one attached hydrogen (secondary N) is 3. The molecule has 0 aromatic carbocycles. The van der Waals surface area contributed by atoms with Gasteiger partial charge in [0.25, 0.3) is 0 Å². The molecule has 0 fully saturated rings. The summed E-state index contributed by atoms with van der Waals surface area (Å²) in [4.78, 5) is 22.6. The van der Waals surface area contributed by atoms with E-state index in [9.17, 15) is 9.59 Å². The zero-order valence-corrected chi connectivity index (χ0v) is 12.6. The fraction of sp³-hybridized carbons (Fsp3) is 0.846. The molecule has 0 aliphatic carbocycles. The van der Waals surface area contributed by atoms with Crippen LogP contribution in [0, 0.1) is 5.92 Å². The number of ether oxygens (including phenoxy) is 1. The SMILES string of the molecule is CC(C)CCNC(=O)NCCNC(=O)OC(C)(C)C. The zero-order chi connectivity index (χ0) is 14.9. The summed E-state index contributed by atoms with van der Waals surface area (Å²) in [7, 11) is 0. The summed E-state index contributed by atoms with van der Waals surface area (Å²) in [6.07, 6.45) is 0.471. The van der Waals surface area contributed by atoms with E-state index in [1.165, 1.54) is 0 Å². The number of carbonyl (C=O) groups is 2. The summed E-state index contributed by atoms with van der Waals surface area (Å²) in [5, 5.41) is 7.97. The highest BCUT2D eigenvalue weighted by Gasteiger charge is 2.15. The molecule has 6 heteroatoms. The number of carbonyl (C=O) groups excluding carboxylic acids is 2. The largest absolute Gasteiger partial charge is 0.444 e. The maximum Gasteiger partial charge on any atom is 0.407 e. The maximum absolute atomic E-state index is 11.3. The Balaban J connectivity index is 3.53. The first-order chi connectivity index (χ1) is 8.70. The minimum Gasteiger partial charge on any atom is -0.444 e. The number of alkyl carbamates (subject to hydrolysis) is 1. The molecular weight excluding hydrogens is 246 g/mol. The van der Waals surface area contributed by atoms with E-state index < -0.39 is 11.7 Å². The van der Waals surface area contributed by atoms with Crippen molar-refractivity contribution < 1.29 is 14.3 Å². The minimum absolute atomic E-state index is 0.216. The van der Waals surface area contributed by atoms with E-state index in [4.69, 9.17) is 4.74 Å².